The molecule has 1 nitrogen and oxygen atoms in total. The minimum Gasteiger partial charge on any atom is -0.297 e. The summed E-state index contributed by atoms with van der Waals surface area (Å²) in [5.74, 6) is 1.72. The first-order valence-corrected chi connectivity index (χ1v) is 5.34. The molecular weight excluding hydrogens is 180 g/mol. The standard InChI is InChI=1S/C8H10ClOS/c1-7(9)8(10)6-11-4-2-3-5-11/h2-7,11H,1H3/t7-/m1/s1. The molecule has 1 atom stereocenters. The van der Waals surface area contributed by atoms with Crippen LogP contribution in [0.5, 0.6) is 0 Å². The van der Waals surface area contributed by atoms with Gasteiger partial charge in [0.15, 0.2) is 5.78 Å². The van der Waals surface area contributed by atoms with E-state index in [0.29, 0.717) is 0 Å². The molecule has 1 aliphatic heterocycles. The number of hydrogen-bond donors (Lipinski definition) is 1. The van der Waals surface area contributed by atoms with Gasteiger partial charge in [-0.2, -0.15) is 0 Å². The van der Waals surface area contributed by atoms with Crippen molar-refractivity contribution in [2.75, 3.05) is 0 Å². The molecule has 0 spiro atoms. The lowest BCUT2D eigenvalue weighted by molar-refractivity contribution is -0.114. The molecule has 1 radical (unpaired) electrons. The van der Waals surface area contributed by atoms with Gasteiger partial charge in [0.1, 0.15) is 0 Å². The Morgan fingerprint density at radius 2 is 2.09 bits per heavy atom. The van der Waals surface area contributed by atoms with E-state index in [1.807, 2.05) is 23.0 Å². The lowest BCUT2D eigenvalue weighted by atomic mass is 10.3. The van der Waals surface area contributed by atoms with E-state index in [0.717, 1.165) is 0 Å². The van der Waals surface area contributed by atoms with E-state index in [1.165, 1.54) is 0 Å². The Bertz CT molecular complexity index is 196. The van der Waals surface area contributed by atoms with E-state index >= 15 is 0 Å². The summed E-state index contributed by atoms with van der Waals surface area (Å²) in [6.07, 6.45) is 3.91. The number of rotatable bonds is 3. The molecule has 0 aromatic heterocycles. The van der Waals surface area contributed by atoms with E-state index < -0.39 is 10.9 Å². The lowest BCUT2D eigenvalue weighted by Gasteiger charge is -2.08. The van der Waals surface area contributed by atoms with Crippen LogP contribution in [0.2, 0.25) is 0 Å². The number of thiol groups is 1. The van der Waals surface area contributed by atoms with Gasteiger partial charge in [-0.05, 0) is 17.7 Å². The van der Waals surface area contributed by atoms with Gasteiger partial charge in [0.2, 0.25) is 0 Å². The second-order valence-corrected chi connectivity index (χ2v) is 4.68. The van der Waals surface area contributed by atoms with Crippen LogP contribution in [-0.4, -0.2) is 11.2 Å². The van der Waals surface area contributed by atoms with Crippen LogP contribution in [0.4, 0.5) is 0 Å². The summed E-state index contributed by atoms with van der Waals surface area (Å²) in [6, 6.07) is 0. The highest BCUT2D eigenvalue weighted by Gasteiger charge is 2.12. The summed E-state index contributed by atoms with van der Waals surface area (Å²) >= 11 is 5.59. The number of carbonyl (C=O) groups excluding carboxylic acids is 1. The van der Waals surface area contributed by atoms with Crippen LogP contribution in [0.3, 0.4) is 0 Å². The average molecular weight is 190 g/mol. The van der Waals surface area contributed by atoms with Gasteiger partial charge in [-0.1, -0.05) is 12.2 Å². The second kappa shape index (κ2) is 3.98. The SMILES string of the molecule is C[C@@H](Cl)C(=O)[CH][SH]1C=CC=C1. The number of halogens is 1. The van der Waals surface area contributed by atoms with Crippen LogP contribution in [0.25, 0.3) is 0 Å². The summed E-state index contributed by atoms with van der Waals surface area (Å²) in [5, 5.41) is 3.65. The summed E-state index contributed by atoms with van der Waals surface area (Å²) in [5.41, 5.74) is 0. The van der Waals surface area contributed by atoms with Crippen LogP contribution in [0.15, 0.2) is 23.0 Å². The smallest absolute Gasteiger partial charge is 0.163 e. The maximum absolute atomic E-state index is 11.1. The van der Waals surface area contributed by atoms with E-state index in [1.54, 1.807) is 12.7 Å². The first-order chi connectivity index (χ1) is 5.20. The fraction of sp³-hybridized carbons (Fsp3) is 0.250. The minimum absolute atomic E-state index is 0.0222. The highest BCUT2D eigenvalue weighted by atomic mass is 35.5. The zero-order valence-corrected chi connectivity index (χ0v) is 7.85. The predicted molar refractivity (Wildman–Crippen MR) is 51.9 cm³/mol. The van der Waals surface area contributed by atoms with Crippen LogP contribution in [-0.2, 0) is 4.79 Å². The van der Waals surface area contributed by atoms with Crippen LogP contribution >= 0.6 is 22.5 Å². The fourth-order valence-electron chi connectivity index (χ4n) is 0.684. The third-order valence-corrected chi connectivity index (χ3v) is 3.10. The molecule has 0 aromatic rings. The Morgan fingerprint density at radius 1 is 1.55 bits per heavy atom. The first kappa shape index (κ1) is 8.88. The Morgan fingerprint density at radius 3 is 2.55 bits per heavy atom. The predicted octanol–water partition coefficient (Wildman–Crippen LogP) is 2.39. The molecule has 1 aliphatic rings. The largest absolute Gasteiger partial charge is 0.297 e. The topological polar surface area (TPSA) is 17.1 Å². The number of Topliss-reactive ketones (excluding diaryl/α,β-unsaturated/α-hetero) is 1. The van der Waals surface area contributed by atoms with Crippen molar-refractivity contribution in [1.82, 2.24) is 0 Å². The number of hydrogen-bond acceptors (Lipinski definition) is 1. The Labute approximate surface area is 74.5 Å². The van der Waals surface area contributed by atoms with Gasteiger partial charge >= 0.3 is 0 Å². The van der Waals surface area contributed by atoms with Crippen molar-refractivity contribution in [2.24, 2.45) is 0 Å². The molecule has 0 saturated carbocycles. The van der Waals surface area contributed by atoms with Gasteiger partial charge in [0, 0.05) is 0 Å². The molecule has 0 fully saturated rings. The van der Waals surface area contributed by atoms with E-state index in [4.69, 9.17) is 11.6 Å². The lowest BCUT2D eigenvalue weighted by Crippen LogP contribution is -2.09. The van der Waals surface area contributed by atoms with Gasteiger partial charge < -0.3 is 0 Å². The quantitative estimate of drug-likeness (QED) is 0.533. The summed E-state index contributed by atoms with van der Waals surface area (Å²) < 4.78 is 0. The molecule has 0 unspecified atom stereocenters. The van der Waals surface area contributed by atoms with Gasteiger partial charge in [-0.15, -0.1) is 11.6 Å². The Kier molecular flexibility index (Phi) is 3.21. The van der Waals surface area contributed by atoms with Gasteiger partial charge in [-0.3, -0.25) is 4.79 Å². The molecule has 0 aromatic carbocycles. The molecule has 0 amide bonds. The van der Waals surface area contributed by atoms with Crippen molar-refractivity contribution >= 4 is 28.3 Å². The molecule has 0 aliphatic carbocycles. The summed E-state index contributed by atoms with van der Waals surface area (Å²) in [7, 11) is -0.437. The second-order valence-electron chi connectivity index (χ2n) is 2.28. The number of alkyl halides is 1. The molecule has 0 saturated heterocycles. The fourth-order valence-corrected chi connectivity index (χ4v) is 2.22. The van der Waals surface area contributed by atoms with Crippen molar-refractivity contribution in [1.29, 1.82) is 0 Å². The van der Waals surface area contributed by atoms with Crippen molar-refractivity contribution in [3.05, 3.63) is 28.7 Å². The molecule has 0 N–H and O–H groups in total. The molecule has 0 bridgehead atoms. The van der Waals surface area contributed by atoms with E-state index in [-0.39, 0.29) is 11.2 Å². The Balaban J connectivity index is 2.36. The van der Waals surface area contributed by atoms with Gasteiger partial charge in [0.05, 0.1) is 11.1 Å². The van der Waals surface area contributed by atoms with Crippen molar-refractivity contribution in [3.8, 4) is 0 Å². The monoisotopic (exact) mass is 189 g/mol. The molecule has 1 heterocycles. The summed E-state index contributed by atoms with van der Waals surface area (Å²) in [4.78, 5) is 11.1. The highest BCUT2D eigenvalue weighted by Crippen LogP contribution is 2.36. The van der Waals surface area contributed by atoms with E-state index in [2.05, 4.69) is 0 Å². The van der Waals surface area contributed by atoms with Crippen LogP contribution in [0, 0.1) is 5.75 Å². The molecule has 11 heavy (non-hydrogen) atoms. The molecule has 1 rings (SSSR count). The average Bonchev–Trinajstić information content (AvgIpc) is 2.39. The van der Waals surface area contributed by atoms with Crippen LogP contribution < -0.4 is 0 Å². The highest BCUT2D eigenvalue weighted by molar-refractivity contribution is 8.24. The third-order valence-electron chi connectivity index (χ3n) is 1.30. The van der Waals surface area contributed by atoms with Crippen molar-refractivity contribution in [2.45, 2.75) is 12.3 Å². The maximum Gasteiger partial charge on any atom is 0.163 e. The third kappa shape index (κ3) is 2.72. The number of allylic oxidation sites excluding steroid dienone is 2. The van der Waals surface area contributed by atoms with Crippen molar-refractivity contribution in [3.63, 3.8) is 0 Å². The zero-order valence-electron chi connectivity index (χ0n) is 6.20. The molecular formula is C8H10ClOS. The number of carbonyl (C=O) groups is 1. The molecule has 61 valence electrons. The first-order valence-electron chi connectivity index (χ1n) is 3.35. The summed E-state index contributed by atoms with van der Waals surface area (Å²) in [6.45, 7) is 1.69. The maximum atomic E-state index is 11.1. The normalized spacial score (nSPS) is 20.7. The molecule has 3 heteroatoms. The van der Waals surface area contributed by atoms with Crippen LogP contribution in [0.1, 0.15) is 6.92 Å². The minimum atomic E-state index is -0.437. The van der Waals surface area contributed by atoms with Gasteiger partial charge in [0.25, 0.3) is 0 Å². The van der Waals surface area contributed by atoms with Crippen molar-refractivity contribution < 1.29 is 4.79 Å². The van der Waals surface area contributed by atoms with Gasteiger partial charge in [-0.25, -0.2) is 10.9 Å². The number of ketones is 1. The van der Waals surface area contributed by atoms with E-state index in [9.17, 15) is 4.79 Å². The Hall–Kier alpha value is -0.210. The zero-order chi connectivity index (χ0) is 8.27.